The third kappa shape index (κ3) is 3.60. The first-order chi connectivity index (χ1) is 10.6. The number of carboxylic acid groups (broad SMARTS) is 1. The minimum Gasteiger partial charge on any atom is -0.481 e. The maximum Gasteiger partial charge on any atom is 0.303 e. The number of carbonyl (C=O) groups is 2. The van der Waals surface area contributed by atoms with E-state index in [0.717, 1.165) is 32.1 Å². The lowest BCUT2D eigenvalue weighted by molar-refractivity contribution is -0.137. The van der Waals surface area contributed by atoms with Gasteiger partial charge in [0.05, 0.1) is 0 Å². The van der Waals surface area contributed by atoms with Crippen LogP contribution in [-0.2, 0) is 9.59 Å². The molecular formula is C16H27N3O3. The maximum atomic E-state index is 12.1. The Labute approximate surface area is 132 Å². The van der Waals surface area contributed by atoms with E-state index in [1.165, 1.54) is 32.5 Å². The molecule has 0 aromatic carbocycles. The number of hydrogen-bond acceptors (Lipinski definition) is 4. The number of amides is 1. The number of carboxylic acids is 1. The van der Waals surface area contributed by atoms with Crippen molar-refractivity contribution in [1.82, 2.24) is 14.7 Å². The van der Waals surface area contributed by atoms with E-state index >= 15 is 0 Å². The van der Waals surface area contributed by atoms with Crippen molar-refractivity contribution in [3.8, 4) is 0 Å². The highest BCUT2D eigenvalue weighted by Gasteiger charge is 2.38. The van der Waals surface area contributed by atoms with Crippen molar-refractivity contribution in [3.63, 3.8) is 0 Å². The third-order valence-corrected chi connectivity index (χ3v) is 5.54. The molecule has 0 radical (unpaired) electrons. The van der Waals surface area contributed by atoms with Gasteiger partial charge >= 0.3 is 5.97 Å². The number of rotatable bonds is 5. The number of piperazine rings is 1. The van der Waals surface area contributed by atoms with Crippen LogP contribution in [0, 0.1) is 5.92 Å². The molecule has 4 rings (SSSR count). The molecule has 6 nitrogen and oxygen atoms in total. The van der Waals surface area contributed by atoms with E-state index in [1.807, 2.05) is 4.90 Å². The van der Waals surface area contributed by atoms with Gasteiger partial charge in [0.2, 0.25) is 5.91 Å². The maximum absolute atomic E-state index is 12.1. The van der Waals surface area contributed by atoms with Crippen LogP contribution in [0.4, 0.5) is 0 Å². The van der Waals surface area contributed by atoms with Gasteiger partial charge in [-0.3, -0.25) is 14.5 Å². The number of fused-ring (bicyclic) bond motifs is 3. The molecule has 0 aliphatic carbocycles. The van der Waals surface area contributed by atoms with Gasteiger partial charge < -0.3 is 14.9 Å². The molecule has 124 valence electrons. The summed E-state index contributed by atoms with van der Waals surface area (Å²) >= 11 is 0. The second kappa shape index (κ2) is 6.96. The third-order valence-electron chi connectivity index (χ3n) is 5.54. The van der Waals surface area contributed by atoms with Crippen molar-refractivity contribution < 1.29 is 14.7 Å². The van der Waals surface area contributed by atoms with Gasteiger partial charge in [-0.2, -0.15) is 0 Å². The zero-order valence-electron chi connectivity index (χ0n) is 13.2. The van der Waals surface area contributed by atoms with E-state index < -0.39 is 5.97 Å². The predicted molar refractivity (Wildman–Crippen MR) is 82.6 cm³/mol. The molecule has 4 heterocycles. The largest absolute Gasteiger partial charge is 0.481 e. The molecule has 2 bridgehead atoms. The zero-order valence-corrected chi connectivity index (χ0v) is 13.2. The van der Waals surface area contributed by atoms with Crippen LogP contribution in [0.2, 0.25) is 0 Å². The Kier molecular flexibility index (Phi) is 4.98. The number of aliphatic carboxylic acids is 1. The van der Waals surface area contributed by atoms with Crippen LogP contribution in [0.1, 0.15) is 32.1 Å². The molecule has 4 fully saturated rings. The van der Waals surface area contributed by atoms with E-state index in [9.17, 15) is 9.59 Å². The summed E-state index contributed by atoms with van der Waals surface area (Å²) in [7, 11) is 0. The summed E-state index contributed by atoms with van der Waals surface area (Å²) in [5.74, 6) is 0.151. The average Bonchev–Trinajstić information content (AvgIpc) is 2.55. The van der Waals surface area contributed by atoms with E-state index in [-0.39, 0.29) is 12.3 Å². The van der Waals surface area contributed by atoms with Gasteiger partial charge in [0.15, 0.2) is 0 Å². The quantitative estimate of drug-likeness (QED) is 0.800. The van der Waals surface area contributed by atoms with Crippen LogP contribution in [-0.4, -0.2) is 83.5 Å². The minimum atomic E-state index is -0.819. The molecule has 0 unspecified atom stereocenters. The number of piperidine rings is 3. The van der Waals surface area contributed by atoms with Gasteiger partial charge in [-0.15, -0.1) is 0 Å². The van der Waals surface area contributed by atoms with Crippen molar-refractivity contribution in [1.29, 1.82) is 0 Å². The monoisotopic (exact) mass is 309 g/mol. The molecule has 4 aliphatic heterocycles. The lowest BCUT2D eigenvalue weighted by atomic mass is 9.83. The highest BCUT2D eigenvalue weighted by atomic mass is 16.4. The second-order valence-electron chi connectivity index (χ2n) is 6.87. The van der Waals surface area contributed by atoms with Crippen LogP contribution < -0.4 is 0 Å². The van der Waals surface area contributed by atoms with E-state index in [4.69, 9.17) is 5.11 Å². The van der Waals surface area contributed by atoms with E-state index in [1.54, 1.807) is 0 Å². The Balaban J connectivity index is 1.42. The Morgan fingerprint density at radius 1 is 0.955 bits per heavy atom. The summed E-state index contributed by atoms with van der Waals surface area (Å²) in [4.78, 5) is 29.7. The summed E-state index contributed by atoms with van der Waals surface area (Å²) in [6.45, 7) is 7.28. The van der Waals surface area contributed by atoms with E-state index in [2.05, 4.69) is 9.80 Å². The summed E-state index contributed by atoms with van der Waals surface area (Å²) in [5.41, 5.74) is 0. The Morgan fingerprint density at radius 2 is 1.64 bits per heavy atom. The molecule has 1 amide bonds. The average molecular weight is 309 g/mol. The van der Waals surface area contributed by atoms with Gasteiger partial charge in [-0.05, 0) is 38.3 Å². The smallest absolute Gasteiger partial charge is 0.303 e. The second-order valence-corrected chi connectivity index (χ2v) is 6.87. The summed E-state index contributed by atoms with van der Waals surface area (Å²) in [5, 5.41) is 8.63. The van der Waals surface area contributed by atoms with Crippen molar-refractivity contribution in [2.45, 2.75) is 38.1 Å². The van der Waals surface area contributed by atoms with Crippen molar-refractivity contribution in [2.75, 3.05) is 45.8 Å². The standard InChI is InChI=1S/C16H27N3O3/c20-15(2-1-3-16(21)22)19-10-8-18(9-11-19)14-12-17-6-4-13(14)5-7-17/h13-14H,1-12H2,(H,21,22)/t14-/m0/s1. The molecule has 6 heteroatoms. The normalized spacial score (nSPS) is 32.2. The van der Waals surface area contributed by atoms with Crippen LogP contribution >= 0.6 is 0 Å². The Hall–Kier alpha value is -1.14. The molecule has 4 aliphatic rings. The molecular weight excluding hydrogens is 282 g/mol. The molecule has 0 aromatic heterocycles. The predicted octanol–water partition coefficient (Wildman–Crippen LogP) is 0.480. The SMILES string of the molecule is O=C(O)CCCC(=O)N1CCN([C@H]2CN3CCC2CC3)CC1. The number of carbonyl (C=O) groups excluding carboxylic acids is 1. The highest BCUT2D eigenvalue weighted by Crippen LogP contribution is 2.31. The Morgan fingerprint density at radius 3 is 2.18 bits per heavy atom. The topological polar surface area (TPSA) is 64.1 Å². The van der Waals surface area contributed by atoms with E-state index in [0.29, 0.717) is 18.9 Å². The van der Waals surface area contributed by atoms with Gasteiger partial charge in [0.1, 0.15) is 0 Å². The zero-order chi connectivity index (χ0) is 15.5. The molecule has 0 spiro atoms. The summed E-state index contributed by atoms with van der Waals surface area (Å²) < 4.78 is 0. The molecule has 4 saturated heterocycles. The van der Waals surface area contributed by atoms with Gasteiger partial charge in [0.25, 0.3) is 0 Å². The van der Waals surface area contributed by atoms with Gasteiger partial charge in [-0.25, -0.2) is 0 Å². The van der Waals surface area contributed by atoms with Crippen LogP contribution in [0.15, 0.2) is 0 Å². The lowest BCUT2D eigenvalue weighted by Crippen LogP contribution is -2.61. The van der Waals surface area contributed by atoms with Gasteiger partial charge in [0, 0.05) is 51.6 Å². The first-order valence-corrected chi connectivity index (χ1v) is 8.59. The van der Waals surface area contributed by atoms with Crippen LogP contribution in [0.5, 0.6) is 0 Å². The number of nitrogens with zero attached hydrogens (tertiary/aromatic N) is 3. The van der Waals surface area contributed by atoms with Crippen molar-refractivity contribution >= 4 is 11.9 Å². The van der Waals surface area contributed by atoms with Crippen LogP contribution in [0.25, 0.3) is 0 Å². The van der Waals surface area contributed by atoms with Gasteiger partial charge in [-0.1, -0.05) is 0 Å². The summed E-state index contributed by atoms with van der Waals surface area (Å²) in [6, 6.07) is 0.687. The fourth-order valence-electron chi connectivity index (χ4n) is 4.20. The number of hydrogen-bond donors (Lipinski definition) is 1. The van der Waals surface area contributed by atoms with Crippen molar-refractivity contribution in [2.24, 2.45) is 5.92 Å². The fraction of sp³-hybridized carbons (Fsp3) is 0.875. The highest BCUT2D eigenvalue weighted by molar-refractivity contribution is 5.77. The molecule has 1 atom stereocenters. The Bertz CT molecular complexity index is 413. The molecule has 1 N–H and O–H groups in total. The minimum absolute atomic E-state index is 0.0886. The summed E-state index contributed by atoms with van der Waals surface area (Å²) in [6.07, 6.45) is 3.57. The van der Waals surface area contributed by atoms with Crippen LogP contribution in [0.3, 0.4) is 0 Å². The fourth-order valence-corrected chi connectivity index (χ4v) is 4.20. The molecule has 22 heavy (non-hydrogen) atoms. The first-order valence-electron chi connectivity index (χ1n) is 8.59. The first kappa shape index (κ1) is 15.7. The lowest BCUT2D eigenvalue weighted by Gasteiger charge is -2.51. The van der Waals surface area contributed by atoms with Crippen molar-refractivity contribution in [3.05, 3.63) is 0 Å². The molecule has 0 saturated carbocycles. The molecule has 0 aromatic rings.